The van der Waals surface area contributed by atoms with Gasteiger partial charge in [0.05, 0.1) is 18.2 Å². The Morgan fingerprint density at radius 1 is 0.966 bits per heavy atom. The summed E-state index contributed by atoms with van der Waals surface area (Å²) in [7, 11) is 0. The summed E-state index contributed by atoms with van der Waals surface area (Å²) in [6.07, 6.45) is 0. The van der Waals surface area contributed by atoms with Crippen LogP contribution in [0.15, 0.2) is 72.8 Å². The lowest BCUT2D eigenvalue weighted by atomic mass is 9.86. The Labute approximate surface area is 170 Å². The van der Waals surface area contributed by atoms with Crippen LogP contribution in [0.4, 0.5) is 0 Å². The molecule has 0 radical (unpaired) electrons. The van der Waals surface area contributed by atoms with Crippen molar-refractivity contribution in [1.29, 1.82) is 5.26 Å². The average Bonchev–Trinajstić information content (AvgIpc) is 3.18. The lowest BCUT2D eigenvalue weighted by Crippen LogP contribution is -2.25. The second-order valence-corrected chi connectivity index (χ2v) is 7.80. The molecule has 144 valence electrons. The third-order valence-electron chi connectivity index (χ3n) is 5.82. The number of rotatable bonds is 4. The molecule has 1 fully saturated rings. The molecule has 2 aliphatic rings. The summed E-state index contributed by atoms with van der Waals surface area (Å²) < 4.78 is 11.8. The lowest BCUT2D eigenvalue weighted by molar-refractivity contribution is 0.212. The van der Waals surface area contributed by atoms with E-state index in [4.69, 9.17) is 9.47 Å². The number of likely N-dealkylation sites (tertiary alicyclic amines) is 1. The van der Waals surface area contributed by atoms with Gasteiger partial charge in [-0.25, -0.2) is 0 Å². The number of ether oxygens (including phenoxy) is 2. The molecule has 2 atom stereocenters. The number of nitriles is 1. The molecule has 0 spiro atoms. The summed E-state index contributed by atoms with van der Waals surface area (Å²) >= 11 is 0. The highest BCUT2D eigenvalue weighted by molar-refractivity contribution is 5.46. The SMILES string of the molecule is N#Cc1ccc2c(c1)C1CN(Cc3ccc(Oc4ccccc4)cc3)CC1CO2. The van der Waals surface area contributed by atoms with Crippen LogP contribution in [-0.4, -0.2) is 24.6 Å². The summed E-state index contributed by atoms with van der Waals surface area (Å²) in [5.74, 6) is 3.56. The minimum absolute atomic E-state index is 0.438. The number of hydrogen-bond acceptors (Lipinski definition) is 4. The zero-order valence-electron chi connectivity index (χ0n) is 16.1. The van der Waals surface area contributed by atoms with Crippen LogP contribution in [0, 0.1) is 17.2 Å². The van der Waals surface area contributed by atoms with Gasteiger partial charge in [0.25, 0.3) is 0 Å². The van der Waals surface area contributed by atoms with E-state index >= 15 is 0 Å². The van der Waals surface area contributed by atoms with Gasteiger partial charge in [0.15, 0.2) is 0 Å². The number of para-hydroxylation sites is 1. The number of benzene rings is 3. The fourth-order valence-electron chi connectivity index (χ4n) is 4.39. The maximum atomic E-state index is 9.23. The van der Waals surface area contributed by atoms with Crippen LogP contribution in [-0.2, 0) is 6.54 Å². The molecule has 2 aliphatic heterocycles. The van der Waals surface area contributed by atoms with Gasteiger partial charge in [0.1, 0.15) is 17.2 Å². The number of nitrogens with zero attached hydrogens (tertiary/aromatic N) is 2. The van der Waals surface area contributed by atoms with Crippen molar-refractivity contribution < 1.29 is 9.47 Å². The first kappa shape index (κ1) is 17.8. The molecule has 0 saturated carbocycles. The predicted octanol–water partition coefficient (Wildman–Crippen LogP) is 4.96. The molecule has 3 aromatic rings. The van der Waals surface area contributed by atoms with Crippen LogP contribution in [0.3, 0.4) is 0 Å². The van der Waals surface area contributed by atoms with Gasteiger partial charge in [-0.15, -0.1) is 0 Å². The standard InChI is InChI=1S/C25H22N2O2/c26-13-19-8-11-25-23(12-19)24-16-27(15-20(24)17-28-25)14-18-6-9-22(10-7-18)29-21-4-2-1-3-5-21/h1-12,20,24H,14-17H2. The van der Waals surface area contributed by atoms with Gasteiger partial charge in [-0.05, 0) is 48.0 Å². The van der Waals surface area contributed by atoms with Crippen molar-refractivity contribution in [1.82, 2.24) is 4.90 Å². The Kier molecular flexibility index (Phi) is 4.67. The predicted molar refractivity (Wildman–Crippen MR) is 111 cm³/mol. The maximum absolute atomic E-state index is 9.23. The molecule has 3 aromatic carbocycles. The molecule has 4 heteroatoms. The van der Waals surface area contributed by atoms with E-state index in [0.29, 0.717) is 17.4 Å². The van der Waals surface area contributed by atoms with E-state index in [1.54, 1.807) is 0 Å². The van der Waals surface area contributed by atoms with Crippen molar-refractivity contribution in [3.05, 3.63) is 89.5 Å². The molecule has 2 heterocycles. The Balaban J connectivity index is 1.26. The van der Waals surface area contributed by atoms with Crippen molar-refractivity contribution in [3.8, 4) is 23.3 Å². The third-order valence-corrected chi connectivity index (χ3v) is 5.82. The van der Waals surface area contributed by atoms with E-state index in [2.05, 4.69) is 23.1 Å². The van der Waals surface area contributed by atoms with Crippen molar-refractivity contribution in [2.45, 2.75) is 12.5 Å². The van der Waals surface area contributed by atoms with Crippen LogP contribution in [0.25, 0.3) is 0 Å². The second-order valence-electron chi connectivity index (χ2n) is 7.80. The molecule has 0 aromatic heterocycles. The zero-order chi connectivity index (χ0) is 19.6. The minimum atomic E-state index is 0.438. The Morgan fingerprint density at radius 2 is 1.76 bits per heavy atom. The van der Waals surface area contributed by atoms with Gasteiger partial charge in [0.2, 0.25) is 0 Å². The van der Waals surface area contributed by atoms with Crippen LogP contribution in [0.5, 0.6) is 17.2 Å². The van der Waals surface area contributed by atoms with E-state index in [1.165, 1.54) is 11.1 Å². The van der Waals surface area contributed by atoms with Gasteiger partial charge < -0.3 is 9.47 Å². The smallest absolute Gasteiger partial charge is 0.127 e. The number of hydrogen-bond donors (Lipinski definition) is 0. The molecule has 29 heavy (non-hydrogen) atoms. The first-order valence-corrected chi connectivity index (χ1v) is 9.99. The van der Waals surface area contributed by atoms with Crippen LogP contribution in [0.1, 0.15) is 22.6 Å². The van der Waals surface area contributed by atoms with E-state index in [0.717, 1.165) is 43.5 Å². The Hall–Kier alpha value is -3.29. The third kappa shape index (κ3) is 3.70. The molecular formula is C25H22N2O2. The second kappa shape index (κ2) is 7.62. The van der Waals surface area contributed by atoms with E-state index in [9.17, 15) is 5.26 Å². The first-order valence-electron chi connectivity index (χ1n) is 9.99. The Bertz CT molecular complexity index is 1040. The number of fused-ring (bicyclic) bond motifs is 3. The first-order chi connectivity index (χ1) is 14.3. The van der Waals surface area contributed by atoms with Crippen molar-refractivity contribution in [3.63, 3.8) is 0 Å². The molecule has 0 amide bonds. The fourth-order valence-corrected chi connectivity index (χ4v) is 4.39. The van der Waals surface area contributed by atoms with E-state index in [-0.39, 0.29) is 0 Å². The molecule has 0 N–H and O–H groups in total. The highest BCUT2D eigenvalue weighted by atomic mass is 16.5. The van der Waals surface area contributed by atoms with Gasteiger partial charge in [-0.2, -0.15) is 5.26 Å². The maximum Gasteiger partial charge on any atom is 0.127 e. The average molecular weight is 382 g/mol. The quantitative estimate of drug-likeness (QED) is 0.640. The fraction of sp³-hybridized carbons (Fsp3) is 0.240. The molecule has 5 rings (SSSR count). The van der Waals surface area contributed by atoms with Crippen molar-refractivity contribution >= 4 is 0 Å². The summed E-state index contributed by atoms with van der Waals surface area (Å²) in [6, 6.07) is 26.2. The van der Waals surface area contributed by atoms with Crippen molar-refractivity contribution in [2.75, 3.05) is 19.7 Å². The highest BCUT2D eigenvalue weighted by Gasteiger charge is 2.38. The summed E-state index contributed by atoms with van der Waals surface area (Å²) in [5, 5.41) is 9.23. The van der Waals surface area contributed by atoms with Crippen molar-refractivity contribution in [2.24, 2.45) is 5.92 Å². The molecule has 0 aliphatic carbocycles. The van der Waals surface area contributed by atoms with E-state index < -0.39 is 0 Å². The molecular weight excluding hydrogens is 360 g/mol. The Morgan fingerprint density at radius 3 is 2.55 bits per heavy atom. The normalized spacial score (nSPS) is 20.2. The molecule has 2 unspecified atom stereocenters. The van der Waals surface area contributed by atoms with Crippen LogP contribution < -0.4 is 9.47 Å². The largest absolute Gasteiger partial charge is 0.493 e. The lowest BCUT2D eigenvalue weighted by Gasteiger charge is -2.27. The minimum Gasteiger partial charge on any atom is -0.493 e. The highest BCUT2D eigenvalue weighted by Crippen LogP contribution is 2.42. The van der Waals surface area contributed by atoms with Gasteiger partial charge in [0, 0.05) is 37.0 Å². The summed E-state index contributed by atoms with van der Waals surface area (Å²) in [6.45, 7) is 3.68. The monoisotopic (exact) mass is 382 g/mol. The molecule has 0 bridgehead atoms. The molecule has 4 nitrogen and oxygen atoms in total. The summed E-state index contributed by atoms with van der Waals surface area (Å²) in [5.41, 5.74) is 3.17. The molecule has 1 saturated heterocycles. The topological polar surface area (TPSA) is 45.5 Å². The van der Waals surface area contributed by atoms with Crippen LogP contribution >= 0.6 is 0 Å². The van der Waals surface area contributed by atoms with Gasteiger partial charge >= 0.3 is 0 Å². The van der Waals surface area contributed by atoms with Gasteiger partial charge in [-0.3, -0.25) is 4.90 Å². The zero-order valence-corrected chi connectivity index (χ0v) is 16.1. The van der Waals surface area contributed by atoms with E-state index in [1.807, 2.05) is 60.7 Å². The van der Waals surface area contributed by atoms with Gasteiger partial charge in [-0.1, -0.05) is 30.3 Å². The van der Waals surface area contributed by atoms with Crippen LogP contribution in [0.2, 0.25) is 0 Å². The summed E-state index contributed by atoms with van der Waals surface area (Å²) in [4.78, 5) is 2.49.